The summed E-state index contributed by atoms with van der Waals surface area (Å²) in [4.78, 5) is 13.4. The summed E-state index contributed by atoms with van der Waals surface area (Å²) < 4.78 is 0. The second-order valence-electron chi connectivity index (χ2n) is 4.07. The number of hydrogen-bond acceptors (Lipinski definition) is 2. The first-order valence-electron chi connectivity index (χ1n) is 6.38. The van der Waals surface area contributed by atoms with Gasteiger partial charge in [0.2, 0.25) is 5.91 Å². The lowest BCUT2D eigenvalue weighted by Crippen LogP contribution is -2.31. The number of aliphatic hydroxyl groups excluding tert-OH is 1. The molecular formula is C15H21NO2. The Morgan fingerprint density at radius 1 is 1.28 bits per heavy atom. The maximum Gasteiger partial charge on any atom is 0.246 e. The lowest BCUT2D eigenvalue weighted by Gasteiger charge is -2.17. The number of rotatable bonds is 6. The second-order valence-corrected chi connectivity index (χ2v) is 4.07. The average molecular weight is 247 g/mol. The van der Waals surface area contributed by atoms with E-state index in [0.29, 0.717) is 13.1 Å². The minimum absolute atomic E-state index is 0.00137. The van der Waals surface area contributed by atoms with Crippen LogP contribution in [0.5, 0.6) is 0 Å². The molecular weight excluding hydrogens is 226 g/mol. The first-order valence-corrected chi connectivity index (χ1v) is 6.38. The summed E-state index contributed by atoms with van der Waals surface area (Å²) >= 11 is 0. The molecule has 0 saturated heterocycles. The lowest BCUT2D eigenvalue weighted by molar-refractivity contribution is -0.126. The number of carbonyl (C=O) groups is 1. The maximum absolute atomic E-state index is 11.8. The standard InChI is InChI=1S/C15H21NO2/c1-3-13-5-7-14(8-6-13)9-10-15(18)16(4-2)11-12-17/h5-10,17H,3-4,11-12H2,1-2H3/b10-9+. The van der Waals surface area contributed by atoms with Crippen LogP contribution < -0.4 is 0 Å². The SMILES string of the molecule is CCc1ccc(/C=C/C(=O)N(CC)CCO)cc1. The van der Waals surface area contributed by atoms with Gasteiger partial charge < -0.3 is 10.0 Å². The summed E-state index contributed by atoms with van der Waals surface area (Å²) in [5, 5.41) is 8.84. The molecule has 3 nitrogen and oxygen atoms in total. The van der Waals surface area contributed by atoms with Gasteiger partial charge in [-0.15, -0.1) is 0 Å². The molecule has 1 amide bonds. The van der Waals surface area contributed by atoms with Crippen LogP contribution in [0.1, 0.15) is 25.0 Å². The Hall–Kier alpha value is -1.61. The van der Waals surface area contributed by atoms with Gasteiger partial charge in [0.05, 0.1) is 6.61 Å². The molecule has 1 rings (SSSR count). The van der Waals surface area contributed by atoms with Crippen molar-refractivity contribution in [2.45, 2.75) is 20.3 Å². The summed E-state index contributed by atoms with van der Waals surface area (Å²) in [6, 6.07) is 8.14. The van der Waals surface area contributed by atoms with Gasteiger partial charge in [0, 0.05) is 19.2 Å². The predicted octanol–water partition coefficient (Wildman–Crippen LogP) is 2.10. The van der Waals surface area contributed by atoms with Crippen LogP contribution in [0.3, 0.4) is 0 Å². The molecule has 0 heterocycles. The number of nitrogens with zero attached hydrogens (tertiary/aromatic N) is 1. The Kier molecular flexibility index (Phi) is 6.15. The summed E-state index contributed by atoms with van der Waals surface area (Å²) in [6.45, 7) is 5.01. The van der Waals surface area contributed by atoms with Crippen molar-refractivity contribution in [1.82, 2.24) is 4.90 Å². The number of aryl methyl sites for hydroxylation is 1. The van der Waals surface area contributed by atoms with E-state index in [1.54, 1.807) is 11.0 Å². The van der Waals surface area contributed by atoms with Crippen LogP contribution in [-0.2, 0) is 11.2 Å². The fourth-order valence-electron chi connectivity index (χ4n) is 1.68. The van der Waals surface area contributed by atoms with Crippen molar-refractivity contribution >= 4 is 12.0 Å². The predicted molar refractivity (Wildman–Crippen MR) is 74.2 cm³/mol. The molecule has 0 unspecified atom stereocenters. The molecule has 18 heavy (non-hydrogen) atoms. The molecule has 0 aliphatic carbocycles. The molecule has 0 aromatic heterocycles. The second kappa shape index (κ2) is 7.67. The molecule has 0 aliphatic heterocycles. The normalized spacial score (nSPS) is 10.8. The molecule has 1 N–H and O–H groups in total. The molecule has 0 fully saturated rings. The van der Waals surface area contributed by atoms with Crippen molar-refractivity contribution in [1.29, 1.82) is 0 Å². The van der Waals surface area contributed by atoms with Crippen LogP contribution in [0.15, 0.2) is 30.3 Å². The van der Waals surface area contributed by atoms with Crippen LogP contribution in [0, 0.1) is 0 Å². The van der Waals surface area contributed by atoms with Crippen molar-refractivity contribution in [3.05, 3.63) is 41.5 Å². The summed E-state index contributed by atoms with van der Waals surface area (Å²) in [5.41, 5.74) is 2.30. The Labute approximate surface area is 109 Å². The Morgan fingerprint density at radius 2 is 1.94 bits per heavy atom. The molecule has 98 valence electrons. The van der Waals surface area contributed by atoms with E-state index in [-0.39, 0.29) is 12.5 Å². The van der Waals surface area contributed by atoms with E-state index in [9.17, 15) is 4.79 Å². The van der Waals surface area contributed by atoms with Gasteiger partial charge >= 0.3 is 0 Å². The van der Waals surface area contributed by atoms with Crippen molar-refractivity contribution in [3.63, 3.8) is 0 Å². The fraction of sp³-hybridized carbons (Fsp3) is 0.400. The zero-order chi connectivity index (χ0) is 13.4. The van der Waals surface area contributed by atoms with Gasteiger partial charge in [-0.05, 0) is 30.5 Å². The van der Waals surface area contributed by atoms with Crippen LogP contribution in [0.25, 0.3) is 6.08 Å². The highest BCUT2D eigenvalue weighted by atomic mass is 16.3. The summed E-state index contributed by atoms with van der Waals surface area (Å²) in [6.07, 6.45) is 4.38. The monoisotopic (exact) mass is 247 g/mol. The Morgan fingerprint density at radius 3 is 2.44 bits per heavy atom. The molecule has 0 saturated carbocycles. The van der Waals surface area contributed by atoms with Crippen molar-refractivity contribution in [2.24, 2.45) is 0 Å². The molecule has 0 aliphatic rings. The minimum Gasteiger partial charge on any atom is -0.395 e. The van der Waals surface area contributed by atoms with Gasteiger partial charge in [-0.2, -0.15) is 0 Å². The van der Waals surface area contributed by atoms with E-state index < -0.39 is 0 Å². The number of hydrogen-bond donors (Lipinski definition) is 1. The van der Waals surface area contributed by atoms with Gasteiger partial charge in [0.1, 0.15) is 0 Å². The van der Waals surface area contributed by atoms with Crippen LogP contribution in [0.4, 0.5) is 0 Å². The number of amides is 1. The van der Waals surface area contributed by atoms with Crippen LogP contribution in [-0.4, -0.2) is 35.6 Å². The topological polar surface area (TPSA) is 40.5 Å². The van der Waals surface area contributed by atoms with Gasteiger partial charge in [-0.1, -0.05) is 31.2 Å². The van der Waals surface area contributed by atoms with Crippen molar-refractivity contribution in [3.8, 4) is 0 Å². The third kappa shape index (κ3) is 4.34. The van der Waals surface area contributed by atoms with E-state index >= 15 is 0 Å². The molecule has 0 radical (unpaired) electrons. The van der Waals surface area contributed by atoms with Gasteiger partial charge in [-0.3, -0.25) is 4.79 Å². The largest absolute Gasteiger partial charge is 0.395 e. The minimum atomic E-state index is -0.0638. The third-order valence-electron chi connectivity index (χ3n) is 2.87. The first-order chi connectivity index (χ1) is 8.71. The number of carbonyl (C=O) groups excluding carboxylic acids is 1. The van der Waals surface area contributed by atoms with Gasteiger partial charge in [0.25, 0.3) is 0 Å². The quantitative estimate of drug-likeness (QED) is 0.782. The molecule has 3 heteroatoms. The van der Waals surface area contributed by atoms with Crippen LogP contribution in [0.2, 0.25) is 0 Å². The summed E-state index contributed by atoms with van der Waals surface area (Å²) in [7, 11) is 0. The number of benzene rings is 1. The zero-order valence-electron chi connectivity index (χ0n) is 11.1. The van der Waals surface area contributed by atoms with Crippen molar-refractivity contribution in [2.75, 3.05) is 19.7 Å². The number of aliphatic hydroxyl groups is 1. The molecule has 0 atom stereocenters. The molecule has 1 aromatic carbocycles. The molecule has 0 bridgehead atoms. The molecule has 0 spiro atoms. The van der Waals surface area contributed by atoms with Gasteiger partial charge in [-0.25, -0.2) is 0 Å². The highest BCUT2D eigenvalue weighted by molar-refractivity contribution is 5.91. The summed E-state index contributed by atoms with van der Waals surface area (Å²) in [5.74, 6) is -0.0638. The van der Waals surface area contributed by atoms with E-state index in [2.05, 4.69) is 19.1 Å². The average Bonchev–Trinajstić information content (AvgIpc) is 2.42. The molecule has 1 aromatic rings. The smallest absolute Gasteiger partial charge is 0.246 e. The van der Waals surface area contributed by atoms with Crippen LogP contribution >= 0.6 is 0 Å². The fourth-order valence-corrected chi connectivity index (χ4v) is 1.68. The first kappa shape index (κ1) is 14.5. The highest BCUT2D eigenvalue weighted by Crippen LogP contribution is 2.07. The maximum atomic E-state index is 11.8. The Bertz CT molecular complexity index is 395. The zero-order valence-corrected chi connectivity index (χ0v) is 11.1. The highest BCUT2D eigenvalue weighted by Gasteiger charge is 2.06. The third-order valence-corrected chi connectivity index (χ3v) is 2.87. The van der Waals surface area contributed by atoms with E-state index in [4.69, 9.17) is 5.11 Å². The van der Waals surface area contributed by atoms with E-state index in [0.717, 1.165) is 12.0 Å². The Balaban J connectivity index is 2.64. The van der Waals surface area contributed by atoms with E-state index in [1.807, 2.05) is 25.1 Å². The van der Waals surface area contributed by atoms with E-state index in [1.165, 1.54) is 5.56 Å². The van der Waals surface area contributed by atoms with Gasteiger partial charge in [0.15, 0.2) is 0 Å². The lowest BCUT2D eigenvalue weighted by atomic mass is 10.1. The van der Waals surface area contributed by atoms with Crippen molar-refractivity contribution < 1.29 is 9.90 Å². The number of likely N-dealkylation sites (N-methyl/N-ethyl adjacent to an activating group) is 1.